The van der Waals surface area contributed by atoms with Gasteiger partial charge in [-0.05, 0) is 12.8 Å². The Morgan fingerprint density at radius 1 is 0.638 bits per heavy atom. The highest BCUT2D eigenvalue weighted by Crippen LogP contribution is 2.27. The second kappa shape index (κ2) is 29.1. The lowest BCUT2D eigenvalue weighted by Gasteiger charge is -2.41. The van der Waals surface area contributed by atoms with Crippen LogP contribution in [-0.2, 0) is 14.3 Å². The number of unbranched alkanes of at least 4 members (excludes halogenated alkanes) is 22. The van der Waals surface area contributed by atoms with Crippen molar-refractivity contribution < 1.29 is 39.8 Å². The Bertz CT molecular complexity index is 726. The normalized spacial score (nSPS) is 23.5. The third-order valence-electron chi connectivity index (χ3n) is 9.91. The van der Waals surface area contributed by atoms with Gasteiger partial charge >= 0.3 is 0 Å². The quantitative estimate of drug-likeness (QED) is 0.0332. The maximum Gasteiger partial charge on any atom is 0.188 e. The second-order valence-electron chi connectivity index (χ2n) is 14.2. The summed E-state index contributed by atoms with van der Waals surface area (Å²) in [6.45, 7) is 3.88. The minimum atomic E-state index is -1.63. The highest BCUT2D eigenvalue weighted by molar-refractivity contribution is 5.82. The van der Waals surface area contributed by atoms with Gasteiger partial charge in [-0.3, -0.25) is 4.79 Å². The molecule has 7 N–H and O–H groups in total. The first-order valence-electron chi connectivity index (χ1n) is 19.7. The lowest BCUT2D eigenvalue weighted by molar-refractivity contribution is -0.315. The van der Waals surface area contributed by atoms with Gasteiger partial charge < -0.3 is 40.7 Å². The minimum Gasteiger partial charge on any atom is -0.394 e. The number of hydrogen-bond acceptors (Lipinski definition) is 9. The van der Waals surface area contributed by atoms with Crippen LogP contribution in [0.5, 0.6) is 0 Å². The molecule has 1 aliphatic rings. The average Bonchev–Trinajstić information content (AvgIpc) is 3.06. The van der Waals surface area contributed by atoms with Crippen LogP contribution in [0.25, 0.3) is 0 Å². The number of carbonyl (C=O) groups excluding carboxylic acids is 1. The SMILES string of the molecule is CCCCCCCCCCCCCCC[C@@H](O)[C@H](C(=O)CCCCCCCCCCCCC)C(N)O[C@H]1O[C@H](CO)[C@@H](O)[C@H](O)[C@H]1O. The van der Waals surface area contributed by atoms with Gasteiger partial charge in [0.15, 0.2) is 6.29 Å². The molecule has 1 unspecified atom stereocenters. The first-order valence-corrected chi connectivity index (χ1v) is 19.7. The van der Waals surface area contributed by atoms with E-state index in [4.69, 9.17) is 15.2 Å². The number of aliphatic hydroxyl groups is 5. The number of Topliss-reactive ketones (excluding diaryl/α,β-unsaturated/α-hetero) is 1. The predicted molar refractivity (Wildman–Crippen MR) is 189 cm³/mol. The lowest BCUT2D eigenvalue weighted by Crippen LogP contribution is -2.61. The zero-order valence-corrected chi connectivity index (χ0v) is 30.2. The molecule has 1 saturated heterocycles. The summed E-state index contributed by atoms with van der Waals surface area (Å²) in [7, 11) is 0. The molecule has 0 aromatic rings. The van der Waals surface area contributed by atoms with Crippen LogP contribution in [0.1, 0.15) is 181 Å². The average molecular weight is 674 g/mol. The van der Waals surface area contributed by atoms with E-state index in [2.05, 4.69) is 13.8 Å². The fourth-order valence-electron chi connectivity index (χ4n) is 6.72. The van der Waals surface area contributed by atoms with Gasteiger partial charge in [0, 0.05) is 6.42 Å². The topological polar surface area (TPSA) is 163 Å². The van der Waals surface area contributed by atoms with E-state index < -0.39 is 55.6 Å². The van der Waals surface area contributed by atoms with Crippen molar-refractivity contribution in [2.24, 2.45) is 11.7 Å². The molecule has 0 aromatic carbocycles. The van der Waals surface area contributed by atoms with Gasteiger partial charge in [-0.2, -0.15) is 0 Å². The van der Waals surface area contributed by atoms with Crippen LogP contribution in [0, 0.1) is 5.92 Å². The molecular weight excluding hydrogens is 598 g/mol. The third-order valence-corrected chi connectivity index (χ3v) is 9.91. The first kappa shape index (κ1) is 44.4. The maximum absolute atomic E-state index is 13.4. The summed E-state index contributed by atoms with van der Waals surface area (Å²) < 4.78 is 11.2. The van der Waals surface area contributed by atoms with Crippen molar-refractivity contribution in [1.29, 1.82) is 0 Å². The van der Waals surface area contributed by atoms with Gasteiger partial charge in [0.05, 0.1) is 18.6 Å². The number of carbonyl (C=O) groups is 1. The Morgan fingerprint density at radius 3 is 1.47 bits per heavy atom. The molecule has 0 radical (unpaired) electrons. The van der Waals surface area contributed by atoms with Crippen molar-refractivity contribution in [3.8, 4) is 0 Å². The fraction of sp³-hybridized carbons (Fsp3) is 0.974. The molecule has 0 spiro atoms. The van der Waals surface area contributed by atoms with Gasteiger partial charge in [-0.15, -0.1) is 0 Å². The number of aliphatic hydroxyl groups excluding tert-OH is 5. The summed E-state index contributed by atoms with van der Waals surface area (Å²) in [6, 6.07) is 0. The molecular formula is C38H75NO8. The summed E-state index contributed by atoms with van der Waals surface area (Å²) >= 11 is 0. The van der Waals surface area contributed by atoms with E-state index in [1.54, 1.807) is 0 Å². The molecule has 1 heterocycles. The van der Waals surface area contributed by atoms with Crippen molar-refractivity contribution in [2.75, 3.05) is 6.61 Å². The van der Waals surface area contributed by atoms with Crippen LogP contribution in [0.4, 0.5) is 0 Å². The highest BCUT2D eigenvalue weighted by Gasteiger charge is 2.46. The van der Waals surface area contributed by atoms with Crippen molar-refractivity contribution >= 4 is 5.78 Å². The first-order chi connectivity index (χ1) is 22.8. The van der Waals surface area contributed by atoms with E-state index >= 15 is 0 Å². The number of rotatable bonds is 32. The molecule has 9 nitrogen and oxygen atoms in total. The Labute approximate surface area is 287 Å². The molecule has 0 aliphatic carbocycles. The molecule has 0 saturated carbocycles. The van der Waals surface area contributed by atoms with E-state index in [0.29, 0.717) is 12.8 Å². The maximum atomic E-state index is 13.4. The Kier molecular flexibility index (Phi) is 27.5. The largest absolute Gasteiger partial charge is 0.394 e. The molecule has 47 heavy (non-hydrogen) atoms. The predicted octanol–water partition coefficient (Wildman–Crippen LogP) is 6.82. The molecule has 8 atom stereocenters. The summed E-state index contributed by atoms with van der Waals surface area (Å²) in [6.07, 6.45) is 19.8. The second-order valence-corrected chi connectivity index (χ2v) is 14.2. The van der Waals surface area contributed by atoms with Crippen LogP contribution < -0.4 is 5.73 Å². The van der Waals surface area contributed by atoms with E-state index in [1.807, 2.05) is 0 Å². The zero-order chi connectivity index (χ0) is 34.7. The smallest absolute Gasteiger partial charge is 0.188 e. The Morgan fingerprint density at radius 2 is 1.04 bits per heavy atom. The van der Waals surface area contributed by atoms with Crippen molar-refractivity contribution in [3.63, 3.8) is 0 Å². The van der Waals surface area contributed by atoms with Gasteiger partial charge in [0.25, 0.3) is 0 Å². The summed E-state index contributed by atoms with van der Waals surface area (Å²) in [5.74, 6) is -1.19. The molecule has 1 rings (SSSR count). The molecule has 0 amide bonds. The lowest BCUT2D eigenvalue weighted by atomic mass is 9.88. The monoisotopic (exact) mass is 674 g/mol. The van der Waals surface area contributed by atoms with Crippen LogP contribution >= 0.6 is 0 Å². The van der Waals surface area contributed by atoms with Crippen LogP contribution in [-0.4, -0.2) is 81.0 Å². The van der Waals surface area contributed by atoms with E-state index in [1.165, 1.54) is 109 Å². The Balaban J connectivity index is 2.51. The van der Waals surface area contributed by atoms with E-state index in [9.17, 15) is 30.3 Å². The minimum absolute atomic E-state index is 0.180. The number of hydrogen-bond donors (Lipinski definition) is 6. The van der Waals surface area contributed by atoms with E-state index in [-0.39, 0.29) is 12.2 Å². The summed E-state index contributed by atoms with van der Waals surface area (Å²) in [5.41, 5.74) is 6.35. The highest BCUT2D eigenvalue weighted by atomic mass is 16.7. The van der Waals surface area contributed by atoms with Crippen molar-refractivity contribution in [2.45, 2.75) is 224 Å². The molecule has 0 bridgehead atoms. The van der Waals surface area contributed by atoms with Gasteiger partial charge in [-0.25, -0.2) is 0 Å². The zero-order valence-electron chi connectivity index (χ0n) is 30.2. The van der Waals surface area contributed by atoms with Crippen LogP contribution in [0.15, 0.2) is 0 Å². The molecule has 9 heteroatoms. The molecule has 0 aromatic heterocycles. The van der Waals surface area contributed by atoms with Crippen LogP contribution in [0.3, 0.4) is 0 Å². The number of ether oxygens (including phenoxy) is 2. The van der Waals surface area contributed by atoms with Crippen molar-refractivity contribution in [1.82, 2.24) is 0 Å². The number of nitrogens with two attached hydrogens (primary N) is 1. The van der Waals surface area contributed by atoms with E-state index in [0.717, 1.165) is 38.5 Å². The third kappa shape index (κ3) is 20.0. The number of ketones is 1. The van der Waals surface area contributed by atoms with Crippen LogP contribution in [0.2, 0.25) is 0 Å². The Hall–Kier alpha value is -0.650. The standard InChI is InChI=1S/C38H75NO8/c1-3-5-7-9-11-13-15-16-18-20-22-24-26-28-31(42)33(30(41)27-25-23-21-19-17-14-12-10-8-6-4-2)37(39)47-38-36(45)35(44)34(43)32(29-40)46-38/h31-38,40,42-45H,3-29,39H2,1-2H3/t31-,32-,33+,34-,35+,36-,37?,38-/m1/s1. The van der Waals surface area contributed by atoms with Crippen molar-refractivity contribution in [3.05, 3.63) is 0 Å². The molecule has 1 fully saturated rings. The van der Waals surface area contributed by atoms with Gasteiger partial charge in [0.2, 0.25) is 0 Å². The summed E-state index contributed by atoms with van der Waals surface area (Å²) in [4.78, 5) is 13.4. The molecule has 280 valence electrons. The fourth-order valence-corrected chi connectivity index (χ4v) is 6.72. The van der Waals surface area contributed by atoms with Gasteiger partial charge in [0.1, 0.15) is 36.4 Å². The molecule has 1 aliphatic heterocycles. The van der Waals surface area contributed by atoms with Gasteiger partial charge in [-0.1, -0.05) is 162 Å². The summed E-state index contributed by atoms with van der Waals surface area (Å²) in [5, 5.41) is 51.4.